The number of hydrogen-bond donors (Lipinski definition) is 1. The SMILES string of the molecule is O=C1CCc2cc(OCC(=O)N(C/C=C/c3ccccc3)c3ccc4c(c3)OCCO4)ccc2N1. The molecule has 0 spiro atoms. The summed E-state index contributed by atoms with van der Waals surface area (Å²) in [5.41, 5.74) is 3.56. The van der Waals surface area contributed by atoms with Crippen molar-refractivity contribution in [1.29, 1.82) is 0 Å². The normalized spacial score (nSPS) is 14.2. The molecule has 0 saturated heterocycles. The van der Waals surface area contributed by atoms with Gasteiger partial charge in [-0.3, -0.25) is 9.59 Å². The molecule has 0 atom stereocenters. The van der Waals surface area contributed by atoms with Crippen LogP contribution >= 0.6 is 0 Å². The molecule has 2 aliphatic rings. The summed E-state index contributed by atoms with van der Waals surface area (Å²) in [6.07, 6.45) is 5.03. The Morgan fingerprint density at radius 1 is 0.971 bits per heavy atom. The largest absolute Gasteiger partial charge is 0.486 e. The standard InChI is InChI=1S/C28H26N2O5/c31-27-13-8-21-17-23(10-11-24(21)29-27)35-19-28(32)30(14-4-7-20-5-2-1-3-6-20)22-9-12-25-26(18-22)34-16-15-33-25/h1-7,9-12,17-18H,8,13-16,19H2,(H,29,31)/b7-4+. The second kappa shape index (κ2) is 10.3. The molecule has 3 aromatic rings. The Morgan fingerprint density at radius 3 is 2.66 bits per heavy atom. The molecule has 2 aliphatic heterocycles. The highest BCUT2D eigenvalue weighted by atomic mass is 16.6. The average Bonchev–Trinajstić information content (AvgIpc) is 2.90. The summed E-state index contributed by atoms with van der Waals surface area (Å²) >= 11 is 0. The van der Waals surface area contributed by atoms with Gasteiger partial charge in [0.2, 0.25) is 5.91 Å². The lowest BCUT2D eigenvalue weighted by molar-refractivity contribution is -0.120. The van der Waals surface area contributed by atoms with E-state index in [1.165, 1.54) is 0 Å². The van der Waals surface area contributed by atoms with Crippen molar-refractivity contribution in [2.45, 2.75) is 12.8 Å². The number of ether oxygens (including phenoxy) is 3. The lowest BCUT2D eigenvalue weighted by Crippen LogP contribution is -2.35. The third kappa shape index (κ3) is 5.46. The average molecular weight is 471 g/mol. The lowest BCUT2D eigenvalue weighted by Gasteiger charge is -2.25. The molecule has 0 aromatic heterocycles. The quantitative estimate of drug-likeness (QED) is 0.552. The number of anilines is 2. The van der Waals surface area contributed by atoms with Crippen LogP contribution in [0, 0.1) is 0 Å². The number of nitrogens with one attached hydrogen (secondary N) is 1. The zero-order chi connectivity index (χ0) is 24.0. The fourth-order valence-corrected chi connectivity index (χ4v) is 4.08. The van der Waals surface area contributed by atoms with E-state index in [1.54, 1.807) is 11.0 Å². The Hall–Kier alpha value is -4.26. The molecule has 5 rings (SSSR count). The number of amides is 2. The zero-order valence-corrected chi connectivity index (χ0v) is 19.2. The molecule has 0 unspecified atom stereocenters. The topological polar surface area (TPSA) is 77.1 Å². The number of nitrogens with zero attached hydrogens (tertiary/aromatic N) is 1. The van der Waals surface area contributed by atoms with Crippen LogP contribution in [0.15, 0.2) is 72.8 Å². The van der Waals surface area contributed by atoms with Crippen LogP contribution in [0.4, 0.5) is 11.4 Å². The number of rotatable bonds is 7. The predicted molar refractivity (Wildman–Crippen MR) is 134 cm³/mol. The number of fused-ring (bicyclic) bond motifs is 2. The van der Waals surface area contributed by atoms with Gasteiger partial charge in [-0.1, -0.05) is 42.5 Å². The van der Waals surface area contributed by atoms with Crippen LogP contribution in [0.1, 0.15) is 17.5 Å². The molecule has 0 bridgehead atoms. The summed E-state index contributed by atoms with van der Waals surface area (Å²) in [4.78, 5) is 26.5. The Bertz CT molecular complexity index is 1260. The molecular weight excluding hydrogens is 444 g/mol. The van der Waals surface area contributed by atoms with Gasteiger partial charge in [-0.05, 0) is 47.9 Å². The van der Waals surface area contributed by atoms with Crippen molar-refractivity contribution in [1.82, 2.24) is 0 Å². The minimum absolute atomic E-state index is 0.0139. The Kier molecular flexibility index (Phi) is 6.66. The molecule has 178 valence electrons. The van der Waals surface area contributed by atoms with Crippen LogP contribution in [0.25, 0.3) is 6.08 Å². The van der Waals surface area contributed by atoms with Gasteiger partial charge in [-0.2, -0.15) is 0 Å². The van der Waals surface area contributed by atoms with E-state index in [2.05, 4.69) is 5.32 Å². The van der Waals surface area contributed by atoms with Gasteiger partial charge in [0, 0.05) is 30.4 Å². The first-order chi connectivity index (χ1) is 17.2. The van der Waals surface area contributed by atoms with Gasteiger partial charge in [0.15, 0.2) is 18.1 Å². The minimum Gasteiger partial charge on any atom is -0.486 e. The Labute approximate surface area is 203 Å². The number of benzene rings is 3. The summed E-state index contributed by atoms with van der Waals surface area (Å²) in [6.45, 7) is 1.22. The fraction of sp³-hybridized carbons (Fsp3) is 0.214. The smallest absolute Gasteiger partial charge is 0.265 e. The van der Waals surface area contributed by atoms with Crippen LogP contribution in [-0.2, 0) is 16.0 Å². The molecule has 2 amide bonds. The summed E-state index contributed by atoms with van der Waals surface area (Å²) in [6, 6.07) is 20.9. The zero-order valence-electron chi connectivity index (χ0n) is 19.2. The maximum Gasteiger partial charge on any atom is 0.265 e. The second-order valence-electron chi connectivity index (χ2n) is 8.30. The maximum absolute atomic E-state index is 13.3. The molecule has 1 N–H and O–H groups in total. The van der Waals surface area contributed by atoms with E-state index in [9.17, 15) is 9.59 Å². The second-order valence-corrected chi connectivity index (χ2v) is 8.30. The monoisotopic (exact) mass is 470 g/mol. The van der Waals surface area contributed by atoms with E-state index >= 15 is 0 Å². The molecule has 7 heteroatoms. The van der Waals surface area contributed by atoms with Crippen molar-refractivity contribution in [3.05, 3.63) is 83.9 Å². The van der Waals surface area contributed by atoms with Gasteiger partial charge >= 0.3 is 0 Å². The van der Waals surface area contributed by atoms with Gasteiger partial charge in [-0.25, -0.2) is 0 Å². The minimum atomic E-state index is -0.189. The van der Waals surface area contributed by atoms with Crippen molar-refractivity contribution in [3.8, 4) is 17.2 Å². The van der Waals surface area contributed by atoms with Gasteiger partial charge in [0.05, 0.1) is 0 Å². The van der Waals surface area contributed by atoms with Gasteiger partial charge in [-0.15, -0.1) is 0 Å². The number of carbonyl (C=O) groups excluding carboxylic acids is 2. The highest BCUT2D eigenvalue weighted by Gasteiger charge is 2.20. The molecule has 2 heterocycles. The van der Waals surface area contributed by atoms with Crippen LogP contribution in [-0.4, -0.2) is 38.2 Å². The summed E-state index contributed by atoms with van der Waals surface area (Å²) in [7, 11) is 0. The first kappa shape index (κ1) is 22.5. The van der Waals surface area contributed by atoms with Crippen molar-refractivity contribution >= 4 is 29.3 Å². The third-order valence-corrected chi connectivity index (χ3v) is 5.87. The van der Waals surface area contributed by atoms with Gasteiger partial charge in [0.25, 0.3) is 5.91 Å². The van der Waals surface area contributed by atoms with E-state index in [1.807, 2.05) is 72.8 Å². The lowest BCUT2D eigenvalue weighted by atomic mass is 10.0. The van der Waals surface area contributed by atoms with Crippen molar-refractivity contribution in [2.24, 2.45) is 0 Å². The van der Waals surface area contributed by atoms with E-state index < -0.39 is 0 Å². The molecule has 3 aromatic carbocycles. The molecule has 0 radical (unpaired) electrons. The third-order valence-electron chi connectivity index (χ3n) is 5.87. The van der Waals surface area contributed by atoms with E-state index in [-0.39, 0.29) is 18.4 Å². The number of aryl methyl sites for hydroxylation is 1. The molecule has 35 heavy (non-hydrogen) atoms. The van der Waals surface area contributed by atoms with Crippen LogP contribution < -0.4 is 24.4 Å². The van der Waals surface area contributed by atoms with E-state index in [4.69, 9.17) is 14.2 Å². The molecule has 7 nitrogen and oxygen atoms in total. The van der Waals surface area contributed by atoms with Crippen LogP contribution in [0.3, 0.4) is 0 Å². The first-order valence-electron chi connectivity index (χ1n) is 11.6. The Morgan fingerprint density at radius 2 is 1.80 bits per heavy atom. The fourth-order valence-electron chi connectivity index (χ4n) is 4.08. The predicted octanol–water partition coefficient (Wildman–Crippen LogP) is 4.47. The highest BCUT2D eigenvalue weighted by Crippen LogP contribution is 2.34. The molecule has 0 aliphatic carbocycles. The summed E-state index contributed by atoms with van der Waals surface area (Å²) in [5, 5.41) is 2.85. The highest BCUT2D eigenvalue weighted by molar-refractivity contribution is 5.95. The van der Waals surface area contributed by atoms with Gasteiger partial charge in [0.1, 0.15) is 19.0 Å². The van der Waals surface area contributed by atoms with Crippen molar-refractivity contribution in [3.63, 3.8) is 0 Å². The van der Waals surface area contributed by atoms with Gasteiger partial charge < -0.3 is 24.4 Å². The summed E-state index contributed by atoms with van der Waals surface area (Å²) in [5.74, 6) is 1.71. The number of carbonyl (C=O) groups is 2. The van der Waals surface area contributed by atoms with Crippen molar-refractivity contribution < 1.29 is 23.8 Å². The van der Waals surface area contributed by atoms with Crippen LogP contribution in [0.2, 0.25) is 0 Å². The van der Waals surface area contributed by atoms with E-state index in [0.717, 1.165) is 16.8 Å². The van der Waals surface area contributed by atoms with Crippen molar-refractivity contribution in [2.75, 3.05) is 36.6 Å². The maximum atomic E-state index is 13.3. The molecular formula is C28H26N2O5. The van der Waals surface area contributed by atoms with Crippen LogP contribution in [0.5, 0.6) is 17.2 Å². The molecule has 0 fully saturated rings. The van der Waals surface area contributed by atoms with E-state index in [0.29, 0.717) is 55.5 Å². The number of hydrogen-bond acceptors (Lipinski definition) is 5. The Balaban J connectivity index is 1.32. The first-order valence-corrected chi connectivity index (χ1v) is 11.6. The molecule has 0 saturated carbocycles. The summed E-state index contributed by atoms with van der Waals surface area (Å²) < 4.78 is 17.2.